The van der Waals surface area contributed by atoms with Gasteiger partial charge < -0.3 is 11.5 Å². The average Bonchev–Trinajstić information content (AvgIpc) is 2.50. The maximum Gasteiger partial charge on any atom is 0.149 e. The maximum atomic E-state index is 11.4. The van der Waals surface area contributed by atoms with Gasteiger partial charge in [-0.15, -0.1) is 0 Å². The Morgan fingerprint density at radius 3 is 2.83 bits per heavy atom. The Kier molecular flexibility index (Phi) is 3.20. The molecule has 0 aromatic rings. The van der Waals surface area contributed by atoms with Gasteiger partial charge in [-0.1, -0.05) is 6.92 Å². The van der Waals surface area contributed by atoms with E-state index in [1.165, 1.54) is 0 Å². The number of carbonyl (C=O) groups is 1. The van der Waals surface area contributed by atoms with Crippen molar-refractivity contribution < 1.29 is 4.79 Å². The number of nitrogens with two attached hydrogens (primary N) is 2. The minimum absolute atomic E-state index is 0.0185. The van der Waals surface area contributed by atoms with Crippen molar-refractivity contribution in [1.82, 2.24) is 4.90 Å². The third kappa shape index (κ3) is 1.83. The van der Waals surface area contributed by atoms with E-state index >= 15 is 0 Å². The van der Waals surface area contributed by atoms with E-state index in [-0.39, 0.29) is 11.8 Å². The van der Waals surface area contributed by atoms with Crippen LogP contribution in [-0.2, 0) is 4.79 Å². The normalized spacial score (nSPS) is 25.2. The Morgan fingerprint density at radius 2 is 2.33 bits per heavy atom. The summed E-state index contributed by atoms with van der Waals surface area (Å²) in [5.41, 5.74) is 11.1. The highest BCUT2D eigenvalue weighted by atomic mass is 16.1. The minimum Gasteiger partial charge on any atom is -0.304 e. The highest BCUT2D eigenvalue weighted by Crippen LogP contribution is 2.18. The van der Waals surface area contributed by atoms with E-state index in [0.717, 1.165) is 19.4 Å². The number of likely N-dealkylation sites (tertiary alicyclic amines) is 1. The molecule has 1 fully saturated rings. The molecule has 0 spiro atoms. The highest BCUT2D eigenvalue weighted by Gasteiger charge is 2.31. The molecule has 1 unspecified atom stereocenters. The summed E-state index contributed by atoms with van der Waals surface area (Å²) in [6.07, 6.45) is 2.04. The van der Waals surface area contributed by atoms with Crippen molar-refractivity contribution in [2.45, 2.75) is 38.5 Å². The number of Topliss-reactive ketones (excluding diaryl/α,β-unsaturated/α-hetero) is 1. The second kappa shape index (κ2) is 3.98. The van der Waals surface area contributed by atoms with Crippen LogP contribution in [0.4, 0.5) is 0 Å². The van der Waals surface area contributed by atoms with Crippen LogP contribution < -0.4 is 11.5 Å². The van der Waals surface area contributed by atoms with E-state index < -0.39 is 6.29 Å². The SMILES string of the molecule is CCC(=O)C1CCCN1C(N)N. The Bertz CT molecular complexity index is 170. The lowest BCUT2D eigenvalue weighted by atomic mass is 10.1. The molecule has 0 bridgehead atoms. The molecule has 12 heavy (non-hydrogen) atoms. The Labute approximate surface area is 72.9 Å². The van der Waals surface area contributed by atoms with E-state index in [1.807, 2.05) is 11.8 Å². The summed E-state index contributed by atoms with van der Waals surface area (Å²) >= 11 is 0. The Balaban J connectivity index is 2.57. The van der Waals surface area contributed by atoms with Crippen LogP contribution in [0.1, 0.15) is 26.2 Å². The van der Waals surface area contributed by atoms with Crippen LogP contribution in [0.2, 0.25) is 0 Å². The van der Waals surface area contributed by atoms with Crippen molar-refractivity contribution in [3.63, 3.8) is 0 Å². The first-order valence-corrected chi connectivity index (χ1v) is 4.46. The van der Waals surface area contributed by atoms with Gasteiger partial charge >= 0.3 is 0 Å². The van der Waals surface area contributed by atoms with Crippen molar-refractivity contribution in [3.8, 4) is 0 Å². The van der Waals surface area contributed by atoms with Gasteiger partial charge in [0.1, 0.15) is 12.1 Å². The van der Waals surface area contributed by atoms with Crippen LogP contribution >= 0.6 is 0 Å². The first-order chi connectivity index (χ1) is 5.66. The lowest BCUT2D eigenvalue weighted by Crippen LogP contribution is -2.52. The lowest BCUT2D eigenvalue weighted by molar-refractivity contribution is -0.123. The van der Waals surface area contributed by atoms with Gasteiger partial charge in [0.2, 0.25) is 0 Å². The molecule has 1 rings (SSSR count). The molecule has 0 aromatic heterocycles. The van der Waals surface area contributed by atoms with Crippen LogP contribution in [-0.4, -0.2) is 29.6 Å². The van der Waals surface area contributed by atoms with E-state index in [0.29, 0.717) is 6.42 Å². The Hall–Kier alpha value is -0.450. The molecule has 0 saturated carbocycles. The summed E-state index contributed by atoms with van der Waals surface area (Å²) < 4.78 is 0. The zero-order chi connectivity index (χ0) is 9.14. The molecule has 0 radical (unpaired) electrons. The maximum absolute atomic E-state index is 11.4. The third-order valence-corrected chi connectivity index (χ3v) is 2.40. The lowest BCUT2D eigenvalue weighted by Gasteiger charge is -2.26. The number of hydrogen-bond acceptors (Lipinski definition) is 4. The first kappa shape index (κ1) is 9.64. The molecular formula is C8H17N3O. The fourth-order valence-corrected chi connectivity index (χ4v) is 1.73. The monoisotopic (exact) mass is 171 g/mol. The van der Waals surface area contributed by atoms with E-state index in [2.05, 4.69) is 0 Å². The van der Waals surface area contributed by atoms with Crippen LogP contribution in [0.15, 0.2) is 0 Å². The van der Waals surface area contributed by atoms with E-state index in [4.69, 9.17) is 11.5 Å². The molecule has 0 amide bonds. The fraction of sp³-hybridized carbons (Fsp3) is 0.875. The molecular weight excluding hydrogens is 154 g/mol. The highest BCUT2D eigenvalue weighted by molar-refractivity contribution is 5.84. The minimum atomic E-state index is -0.479. The second-order valence-electron chi connectivity index (χ2n) is 3.21. The largest absolute Gasteiger partial charge is 0.304 e. The molecule has 4 N–H and O–H groups in total. The number of rotatable bonds is 3. The van der Waals surface area contributed by atoms with Crippen molar-refractivity contribution in [2.75, 3.05) is 6.54 Å². The van der Waals surface area contributed by atoms with Gasteiger partial charge in [-0.25, -0.2) is 0 Å². The standard InChI is InChI=1S/C8H17N3O/c1-2-7(12)6-4-3-5-11(6)8(9)10/h6,8H,2-5,9-10H2,1H3. The first-order valence-electron chi connectivity index (χ1n) is 4.46. The molecule has 4 nitrogen and oxygen atoms in total. The fourth-order valence-electron chi connectivity index (χ4n) is 1.73. The topological polar surface area (TPSA) is 72.3 Å². The summed E-state index contributed by atoms with van der Waals surface area (Å²) in [6, 6.07) is -0.0185. The number of nitrogens with zero attached hydrogens (tertiary/aromatic N) is 1. The van der Waals surface area contributed by atoms with Gasteiger partial charge in [-0.2, -0.15) is 0 Å². The van der Waals surface area contributed by atoms with E-state index in [1.54, 1.807) is 0 Å². The molecule has 4 heteroatoms. The molecule has 1 atom stereocenters. The van der Waals surface area contributed by atoms with E-state index in [9.17, 15) is 4.79 Å². The number of hydrogen-bond donors (Lipinski definition) is 2. The van der Waals surface area contributed by atoms with Crippen LogP contribution in [0.5, 0.6) is 0 Å². The van der Waals surface area contributed by atoms with Gasteiger partial charge in [0.25, 0.3) is 0 Å². The van der Waals surface area contributed by atoms with Gasteiger partial charge in [-0.05, 0) is 12.8 Å². The molecule has 1 heterocycles. The Morgan fingerprint density at radius 1 is 1.67 bits per heavy atom. The summed E-state index contributed by atoms with van der Waals surface area (Å²) in [5.74, 6) is 0.258. The third-order valence-electron chi connectivity index (χ3n) is 2.40. The summed E-state index contributed by atoms with van der Waals surface area (Å²) in [5, 5.41) is 0. The zero-order valence-electron chi connectivity index (χ0n) is 7.49. The predicted octanol–water partition coefficient (Wildman–Crippen LogP) is -0.369. The summed E-state index contributed by atoms with van der Waals surface area (Å²) in [6.45, 7) is 2.73. The molecule has 0 aromatic carbocycles. The summed E-state index contributed by atoms with van der Waals surface area (Å²) in [7, 11) is 0. The molecule has 0 aliphatic carbocycles. The number of ketones is 1. The van der Waals surface area contributed by atoms with Crippen LogP contribution in [0.3, 0.4) is 0 Å². The quantitative estimate of drug-likeness (QED) is 0.568. The summed E-state index contributed by atoms with van der Waals surface area (Å²) in [4.78, 5) is 13.3. The predicted molar refractivity (Wildman–Crippen MR) is 47.2 cm³/mol. The second-order valence-corrected chi connectivity index (χ2v) is 3.21. The molecule has 1 aliphatic rings. The van der Waals surface area contributed by atoms with Crippen molar-refractivity contribution in [1.29, 1.82) is 0 Å². The van der Waals surface area contributed by atoms with Crippen LogP contribution in [0, 0.1) is 0 Å². The van der Waals surface area contributed by atoms with Crippen LogP contribution in [0.25, 0.3) is 0 Å². The molecule has 1 aliphatic heterocycles. The van der Waals surface area contributed by atoms with Gasteiger partial charge in [0.05, 0.1) is 6.04 Å². The van der Waals surface area contributed by atoms with Crippen molar-refractivity contribution in [3.05, 3.63) is 0 Å². The smallest absolute Gasteiger partial charge is 0.149 e. The molecule has 1 saturated heterocycles. The van der Waals surface area contributed by atoms with Crippen molar-refractivity contribution >= 4 is 5.78 Å². The van der Waals surface area contributed by atoms with Gasteiger partial charge in [0, 0.05) is 13.0 Å². The zero-order valence-corrected chi connectivity index (χ0v) is 7.49. The molecule has 70 valence electrons. The van der Waals surface area contributed by atoms with Gasteiger partial charge in [-0.3, -0.25) is 9.69 Å². The average molecular weight is 171 g/mol. The van der Waals surface area contributed by atoms with Gasteiger partial charge in [0.15, 0.2) is 0 Å². The van der Waals surface area contributed by atoms with Crippen molar-refractivity contribution in [2.24, 2.45) is 11.5 Å². The number of carbonyl (C=O) groups excluding carboxylic acids is 1.